The SMILES string of the molecule is C1=CC2C=COC2N=C1. The van der Waals surface area contributed by atoms with Crippen molar-refractivity contribution in [1.82, 2.24) is 0 Å². The first-order valence-electron chi connectivity index (χ1n) is 2.99. The van der Waals surface area contributed by atoms with Gasteiger partial charge in [-0.3, -0.25) is 0 Å². The van der Waals surface area contributed by atoms with Crippen LogP contribution in [0.15, 0.2) is 29.5 Å². The number of dihydropyridines is 1. The lowest BCUT2D eigenvalue weighted by Crippen LogP contribution is -2.13. The van der Waals surface area contributed by atoms with Crippen molar-refractivity contribution in [2.24, 2.45) is 10.9 Å². The van der Waals surface area contributed by atoms with Gasteiger partial charge in [-0.25, -0.2) is 4.99 Å². The normalized spacial score (nSPS) is 36.4. The van der Waals surface area contributed by atoms with Gasteiger partial charge in [0.2, 0.25) is 0 Å². The van der Waals surface area contributed by atoms with Crippen molar-refractivity contribution in [3.05, 3.63) is 24.5 Å². The number of rotatable bonds is 0. The summed E-state index contributed by atoms with van der Waals surface area (Å²) in [5.74, 6) is 0.384. The molecule has 9 heavy (non-hydrogen) atoms. The second-order valence-electron chi connectivity index (χ2n) is 2.12. The third-order valence-corrected chi connectivity index (χ3v) is 1.50. The average Bonchev–Trinajstić information content (AvgIpc) is 2.33. The Kier molecular flexibility index (Phi) is 0.918. The van der Waals surface area contributed by atoms with E-state index in [-0.39, 0.29) is 6.23 Å². The highest BCUT2D eigenvalue weighted by Gasteiger charge is 2.21. The van der Waals surface area contributed by atoms with Gasteiger partial charge in [0, 0.05) is 6.21 Å². The molecule has 0 aromatic carbocycles. The van der Waals surface area contributed by atoms with Crippen LogP contribution in [0.25, 0.3) is 0 Å². The highest BCUT2D eigenvalue weighted by atomic mass is 16.5. The monoisotopic (exact) mass is 121 g/mol. The Morgan fingerprint density at radius 2 is 2.33 bits per heavy atom. The molecule has 0 bridgehead atoms. The Hall–Kier alpha value is -1.05. The van der Waals surface area contributed by atoms with Crippen molar-refractivity contribution < 1.29 is 4.74 Å². The predicted octanol–water partition coefficient (Wildman–Crippen LogP) is 1.11. The van der Waals surface area contributed by atoms with Gasteiger partial charge in [0.1, 0.15) is 0 Å². The van der Waals surface area contributed by atoms with Crippen molar-refractivity contribution in [2.75, 3.05) is 0 Å². The van der Waals surface area contributed by atoms with Gasteiger partial charge >= 0.3 is 0 Å². The Balaban J connectivity index is 2.25. The minimum atomic E-state index is 0.0370. The molecule has 2 aliphatic heterocycles. The van der Waals surface area contributed by atoms with Crippen molar-refractivity contribution in [3.8, 4) is 0 Å². The zero-order valence-corrected chi connectivity index (χ0v) is 4.90. The van der Waals surface area contributed by atoms with E-state index in [1.807, 2.05) is 12.2 Å². The van der Waals surface area contributed by atoms with Gasteiger partial charge in [-0.15, -0.1) is 0 Å². The molecule has 2 aliphatic rings. The summed E-state index contributed by atoms with van der Waals surface area (Å²) in [6, 6.07) is 0. The summed E-state index contributed by atoms with van der Waals surface area (Å²) in [6.45, 7) is 0. The molecule has 0 fully saturated rings. The van der Waals surface area contributed by atoms with Crippen LogP contribution >= 0.6 is 0 Å². The van der Waals surface area contributed by atoms with E-state index in [1.54, 1.807) is 12.5 Å². The van der Waals surface area contributed by atoms with Gasteiger partial charge in [-0.2, -0.15) is 0 Å². The maximum absolute atomic E-state index is 5.13. The zero-order chi connectivity index (χ0) is 6.10. The van der Waals surface area contributed by atoms with Crippen LogP contribution in [0.2, 0.25) is 0 Å². The van der Waals surface area contributed by atoms with Crippen LogP contribution in [0.1, 0.15) is 0 Å². The van der Waals surface area contributed by atoms with Gasteiger partial charge in [0.25, 0.3) is 0 Å². The van der Waals surface area contributed by atoms with E-state index in [4.69, 9.17) is 4.74 Å². The first-order valence-corrected chi connectivity index (χ1v) is 2.99. The van der Waals surface area contributed by atoms with Crippen molar-refractivity contribution >= 4 is 6.21 Å². The van der Waals surface area contributed by atoms with E-state index >= 15 is 0 Å². The number of nitrogens with zero attached hydrogens (tertiary/aromatic N) is 1. The molecule has 2 nitrogen and oxygen atoms in total. The van der Waals surface area contributed by atoms with Crippen LogP contribution in [0.3, 0.4) is 0 Å². The molecule has 0 aliphatic carbocycles. The molecule has 0 N–H and O–H groups in total. The molecule has 0 saturated heterocycles. The Morgan fingerprint density at radius 3 is 3.22 bits per heavy atom. The quantitative estimate of drug-likeness (QED) is 0.470. The van der Waals surface area contributed by atoms with Gasteiger partial charge in [-0.1, -0.05) is 6.08 Å². The highest BCUT2D eigenvalue weighted by molar-refractivity contribution is 5.72. The molecule has 2 rings (SSSR count). The zero-order valence-electron chi connectivity index (χ0n) is 4.90. The number of hydrogen-bond donors (Lipinski definition) is 0. The standard InChI is InChI=1S/C7H7NO/c1-2-6-3-5-9-7(6)8-4-1/h1-7H. The van der Waals surface area contributed by atoms with Crippen LogP contribution in [0, 0.1) is 5.92 Å². The smallest absolute Gasteiger partial charge is 0.198 e. The largest absolute Gasteiger partial charge is 0.476 e. The molecule has 2 heteroatoms. The van der Waals surface area contributed by atoms with E-state index in [1.165, 1.54) is 0 Å². The topological polar surface area (TPSA) is 21.6 Å². The fourth-order valence-corrected chi connectivity index (χ4v) is 1.01. The Morgan fingerprint density at radius 1 is 1.33 bits per heavy atom. The molecule has 0 aromatic rings. The molecular formula is C7H7NO. The van der Waals surface area contributed by atoms with Crippen molar-refractivity contribution in [1.29, 1.82) is 0 Å². The number of fused-ring (bicyclic) bond motifs is 1. The van der Waals surface area contributed by atoms with Crippen LogP contribution in [0.4, 0.5) is 0 Å². The minimum absolute atomic E-state index is 0.0370. The average molecular weight is 121 g/mol. The Labute approximate surface area is 53.5 Å². The summed E-state index contributed by atoms with van der Waals surface area (Å²) in [4.78, 5) is 4.09. The summed E-state index contributed by atoms with van der Waals surface area (Å²) >= 11 is 0. The van der Waals surface area contributed by atoms with Crippen LogP contribution in [-0.2, 0) is 4.74 Å². The third kappa shape index (κ3) is 0.669. The summed E-state index contributed by atoms with van der Waals surface area (Å²) in [7, 11) is 0. The lowest BCUT2D eigenvalue weighted by Gasteiger charge is -2.12. The number of allylic oxidation sites excluding steroid dienone is 1. The molecule has 0 aromatic heterocycles. The molecule has 0 saturated carbocycles. The third-order valence-electron chi connectivity index (χ3n) is 1.50. The molecular weight excluding hydrogens is 114 g/mol. The van der Waals surface area contributed by atoms with Crippen LogP contribution < -0.4 is 0 Å². The van der Waals surface area contributed by atoms with E-state index in [2.05, 4.69) is 11.1 Å². The first-order chi connectivity index (χ1) is 4.47. The van der Waals surface area contributed by atoms with E-state index in [9.17, 15) is 0 Å². The van der Waals surface area contributed by atoms with Crippen molar-refractivity contribution in [3.63, 3.8) is 0 Å². The maximum Gasteiger partial charge on any atom is 0.198 e. The van der Waals surface area contributed by atoms with Gasteiger partial charge in [-0.05, 0) is 12.2 Å². The molecule has 0 spiro atoms. The molecule has 2 atom stereocenters. The molecule has 0 amide bonds. The van der Waals surface area contributed by atoms with Gasteiger partial charge in [0.15, 0.2) is 6.23 Å². The lowest BCUT2D eigenvalue weighted by atomic mass is 10.1. The predicted molar refractivity (Wildman–Crippen MR) is 35.1 cm³/mol. The number of aliphatic imine (C=N–C) groups is 1. The van der Waals surface area contributed by atoms with Gasteiger partial charge < -0.3 is 4.74 Å². The minimum Gasteiger partial charge on any atom is -0.476 e. The van der Waals surface area contributed by atoms with E-state index in [0.717, 1.165) is 0 Å². The summed E-state index contributed by atoms with van der Waals surface area (Å²) < 4.78 is 5.13. The molecule has 0 radical (unpaired) electrons. The second-order valence-corrected chi connectivity index (χ2v) is 2.12. The number of ether oxygens (including phenoxy) is 1. The summed E-state index contributed by atoms with van der Waals surface area (Å²) in [6.07, 6.45) is 9.56. The van der Waals surface area contributed by atoms with Crippen LogP contribution in [-0.4, -0.2) is 12.4 Å². The molecule has 2 heterocycles. The highest BCUT2D eigenvalue weighted by Crippen LogP contribution is 2.21. The maximum atomic E-state index is 5.13. The lowest BCUT2D eigenvalue weighted by molar-refractivity contribution is 0.157. The second kappa shape index (κ2) is 1.72. The van der Waals surface area contributed by atoms with Gasteiger partial charge in [0.05, 0.1) is 12.2 Å². The van der Waals surface area contributed by atoms with E-state index in [0.29, 0.717) is 5.92 Å². The first kappa shape index (κ1) is 4.79. The molecule has 2 unspecified atom stereocenters. The Bertz CT molecular complexity index is 193. The molecule has 46 valence electrons. The fourth-order valence-electron chi connectivity index (χ4n) is 1.01. The number of hydrogen-bond acceptors (Lipinski definition) is 2. The van der Waals surface area contributed by atoms with E-state index < -0.39 is 0 Å². The fraction of sp³-hybridized carbons (Fsp3) is 0.286. The summed E-state index contributed by atoms with van der Waals surface area (Å²) in [5.41, 5.74) is 0. The van der Waals surface area contributed by atoms with Crippen molar-refractivity contribution in [2.45, 2.75) is 6.23 Å². The summed E-state index contributed by atoms with van der Waals surface area (Å²) in [5, 5.41) is 0. The van der Waals surface area contributed by atoms with Crippen LogP contribution in [0.5, 0.6) is 0 Å².